The third-order valence-electron chi connectivity index (χ3n) is 2.72. The molecule has 0 aliphatic rings. The number of amides is 1. The predicted octanol–water partition coefficient (Wildman–Crippen LogP) is 2.73. The maximum atomic E-state index is 11.9. The minimum Gasteiger partial charge on any atom is -0.490 e. The summed E-state index contributed by atoms with van der Waals surface area (Å²) < 4.78 is 11.1. The number of halogens is 1. The molecule has 0 radical (unpaired) electrons. The second-order valence-electron chi connectivity index (χ2n) is 4.50. The first-order chi connectivity index (χ1) is 10.5. The van der Waals surface area contributed by atoms with Crippen molar-refractivity contribution < 1.29 is 24.2 Å². The highest BCUT2D eigenvalue weighted by Gasteiger charge is 2.16. The SMILES string of the molecule is CCCCOc1c(Cl)cc(C(=O)NCC(=O)O)cc1OCC. The molecular weight excluding hydrogens is 310 g/mol. The molecule has 0 unspecified atom stereocenters. The molecule has 122 valence electrons. The molecule has 0 fully saturated rings. The number of aliphatic carboxylic acids is 1. The van der Waals surface area contributed by atoms with Crippen molar-refractivity contribution in [2.45, 2.75) is 26.7 Å². The fourth-order valence-corrected chi connectivity index (χ4v) is 1.94. The van der Waals surface area contributed by atoms with Crippen LogP contribution in [0.5, 0.6) is 11.5 Å². The number of nitrogens with one attached hydrogen (secondary N) is 1. The van der Waals surface area contributed by atoms with Gasteiger partial charge in [0.15, 0.2) is 11.5 Å². The van der Waals surface area contributed by atoms with Crippen molar-refractivity contribution in [2.24, 2.45) is 0 Å². The van der Waals surface area contributed by atoms with E-state index in [-0.39, 0.29) is 10.6 Å². The van der Waals surface area contributed by atoms with E-state index in [1.54, 1.807) is 6.92 Å². The number of carbonyl (C=O) groups excluding carboxylic acids is 1. The van der Waals surface area contributed by atoms with Gasteiger partial charge in [-0.15, -0.1) is 0 Å². The molecular formula is C15H20ClNO5. The Morgan fingerprint density at radius 1 is 1.27 bits per heavy atom. The third kappa shape index (κ3) is 5.44. The predicted molar refractivity (Wildman–Crippen MR) is 83.0 cm³/mol. The fourth-order valence-electron chi connectivity index (χ4n) is 1.68. The lowest BCUT2D eigenvalue weighted by molar-refractivity contribution is -0.135. The molecule has 7 heteroatoms. The highest BCUT2D eigenvalue weighted by molar-refractivity contribution is 6.32. The van der Waals surface area contributed by atoms with Crippen LogP contribution in [-0.2, 0) is 4.79 Å². The van der Waals surface area contributed by atoms with E-state index in [9.17, 15) is 9.59 Å². The van der Waals surface area contributed by atoms with Gasteiger partial charge < -0.3 is 19.9 Å². The van der Waals surface area contributed by atoms with Crippen LogP contribution in [0.4, 0.5) is 0 Å². The summed E-state index contributed by atoms with van der Waals surface area (Å²) in [4.78, 5) is 22.4. The van der Waals surface area contributed by atoms with Gasteiger partial charge in [-0.05, 0) is 25.5 Å². The van der Waals surface area contributed by atoms with Gasteiger partial charge in [0.25, 0.3) is 5.91 Å². The number of ether oxygens (including phenoxy) is 2. The van der Waals surface area contributed by atoms with Gasteiger partial charge in [0.05, 0.1) is 18.2 Å². The van der Waals surface area contributed by atoms with Crippen LogP contribution in [0.1, 0.15) is 37.0 Å². The van der Waals surface area contributed by atoms with Crippen molar-refractivity contribution in [3.63, 3.8) is 0 Å². The van der Waals surface area contributed by atoms with Crippen molar-refractivity contribution in [2.75, 3.05) is 19.8 Å². The zero-order valence-electron chi connectivity index (χ0n) is 12.6. The summed E-state index contributed by atoms with van der Waals surface area (Å²) in [7, 11) is 0. The van der Waals surface area contributed by atoms with Gasteiger partial charge in [0, 0.05) is 5.56 Å². The van der Waals surface area contributed by atoms with Crippen LogP contribution in [0.25, 0.3) is 0 Å². The lowest BCUT2D eigenvalue weighted by Gasteiger charge is -2.15. The number of hydrogen-bond acceptors (Lipinski definition) is 4. The van der Waals surface area contributed by atoms with Crippen LogP contribution in [0.2, 0.25) is 5.02 Å². The molecule has 1 amide bonds. The van der Waals surface area contributed by atoms with Gasteiger partial charge in [-0.1, -0.05) is 24.9 Å². The molecule has 1 aromatic rings. The maximum Gasteiger partial charge on any atom is 0.322 e. The van der Waals surface area contributed by atoms with Crippen LogP contribution in [0.15, 0.2) is 12.1 Å². The van der Waals surface area contributed by atoms with E-state index < -0.39 is 18.4 Å². The van der Waals surface area contributed by atoms with Gasteiger partial charge in [-0.25, -0.2) is 0 Å². The van der Waals surface area contributed by atoms with E-state index in [4.69, 9.17) is 26.2 Å². The Bertz CT molecular complexity index is 533. The summed E-state index contributed by atoms with van der Waals surface area (Å²) in [5, 5.41) is 11.1. The number of carboxylic acid groups (broad SMARTS) is 1. The molecule has 0 aliphatic heterocycles. The van der Waals surface area contributed by atoms with Crippen molar-refractivity contribution in [3.05, 3.63) is 22.7 Å². The van der Waals surface area contributed by atoms with Crippen LogP contribution in [0.3, 0.4) is 0 Å². The number of unbranched alkanes of at least 4 members (excludes halogenated alkanes) is 1. The fraction of sp³-hybridized carbons (Fsp3) is 0.467. The third-order valence-corrected chi connectivity index (χ3v) is 3.00. The number of hydrogen-bond donors (Lipinski definition) is 2. The summed E-state index contributed by atoms with van der Waals surface area (Å²) in [6.45, 7) is 4.28. The first kappa shape index (κ1) is 18.1. The molecule has 0 aromatic heterocycles. The highest BCUT2D eigenvalue weighted by atomic mass is 35.5. The number of benzene rings is 1. The molecule has 1 aromatic carbocycles. The van der Waals surface area contributed by atoms with Gasteiger partial charge in [0.2, 0.25) is 0 Å². The van der Waals surface area contributed by atoms with Crippen LogP contribution in [-0.4, -0.2) is 36.7 Å². The monoisotopic (exact) mass is 329 g/mol. The van der Waals surface area contributed by atoms with E-state index in [0.29, 0.717) is 24.7 Å². The van der Waals surface area contributed by atoms with Gasteiger partial charge in [0.1, 0.15) is 6.54 Å². The van der Waals surface area contributed by atoms with E-state index >= 15 is 0 Å². The molecule has 0 saturated carbocycles. The molecule has 0 aliphatic carbocycles. The first-order valence-electron chi connectivity index (χ1n) is 7.08. The van der Waals surface area contributed by atoms with Gasteiger partial charge >= 0.3 is 5.97 Å². The van der Waals surface area contributed by atoms with E-state index in [1.165, 1.54) is 12.1 Å². The van der Waals surface area contributed by atoms with Crippen LogP contribution < -0.4 is 14.8 Å². The summed E-state index contributed by atoms with van der Waals surface area (Å²) in [6, 6.07) is 2.93. The Labute approximate surface area is 134 Å². The molecule has 0 atom stereocenters. The van der Waals surface area contributed by atoms with Gasteiger partial charge in [-0.2, -0.15) is 0 Å². The first-order valence-corrected chi connectivity index (χ1v) is 7.46. The maximum absolute atomic E-state index is 11.9. The van der Waals surface area contributed by atoms with Gasteiger partial charge in [-0.3, -0.25) is 9.59 Å². The smallest absolute Gasteiger partial charge is 0.322 e. The summed E-state index contributed by atoms with van der Waals surface area (Å²) in [5.74, 6) is -0.896. The van der Waals surface area contributed by atoms with Crippen molar-refractivity contribution >= 4 is 23.5 Å². The standard InChI is InChI=1S/C15H20ClNO5/c1-3-5-6-22-14-11(16)7-10(8-12(14)21-4-2)15(20)17-9-13(18)19/h7-8H,3-6,9H2,1-2H3,(H,17,20)(H,18,19). The van der Waals surface area contributed by atoms with Crippen molar-refractivity contribution in [1.82, 2.24) is 5.32 Å². The summed E-state index contributed by atoms with van der Waals surface area (Å²) in [6.07, 6.45) is 1.86. The molecule has 2 N–H and O–H groups in total. The quantitative estimate of drug-likeness (QED) is 0.680. The minimum absolute atomic E-state index is 0.220. The van der Waals surface area contributed by atoms with Crippen LogP contribution >= 0.6 is 11.6 Å². The molecule has 0 saturated heterocycles. The Kier molecular flexibility index (Phi) is 7.52. The van der Waals surface area contributed by atoms with Crippen molar-refractivity contribution in [3.8, 4) is 11.5 Å². The normalized spacial score (nSPS) is 10.1. The second kappa shape index (κ2) is 9.15. The summed E-state index contributed by atoms with van der Waals surface area (Å²) in [5.41, 5.74) is 0.220. The largest absolute Gasteiger partial charge is 0.490 e. The van der Waals surface area contributed by atoms with Crippen LogP contribution in [0, 0.1) is 0 Å². The highest BCUT2D eigenvalue weighted by Crippen LogP contribution is 2.36. The van der Waals surface area contributed by atoms with E-state index in [1.807, 2.05) is 6.92 Å². The molecule has 22 heavy (non-hydrogen) atoms. The topological polar surface area (TPSA) is 84.9 Å². The molecule has 6 nitrogen and oxygen atoms in total. The number of carboxylic acids is 1. The summed E-state index contributed by atoms with van der Waals surface area (Å²) >= 11 is 6.15. The Hall–Kier alpha value is -1.95. The zero-order valence-corrected chi connectivity index (χ0v) is 13.4. The second-order valence-corrected chi connectivity index (χ2v) is 4.90. The Morgan fingerprint density at radius 3 is 2.59 bits per heavy atom. The number of rotatable bonds is 9. The Morgan fingerprint density at radius 2 is 2.00 bits per heavy atom. The molecule has 0 bridgehead atoms. The molecule has 1 rings (SSSR count). The number of carbonyl (C=O) groups is 2. The molecule has 0 spiro atoms. The zero-order chi connectivity index (χ0) is 16.5. The minimum atomic E-state index is -1.12. The van der Waals surface area contributed by atoms with E-state index in [0.717, 1.165) is 12.8 Å². The lowest BCUT2D eigenvalue weighted by Crippen LogP contribution is -2.29. The average Bonchev–Trinajstić information content (AvgIpc) is 2.47. The average molecular weight is 330 g/mol. The van der Waals surface area contributed by atoms with E-state index in [2.05, 4.69) is 5.32 Å². The molecule has 0 heterocycles. The lowest BCUT2D eigenvalue weighted by atomic mass is 10.2. The Balaban J connectivity index is 2.97. The van der Waals surface area contributed by atoms with Crippen molar-refractivity contribution in [1.29, 1.82) is 0 Å².